The molecule has 1 heterocycles. The Kier molecular flexibility index (Phi) is 3.87. The minimum atomic E-state index is -0.559. The molecular weight excluding hydrogens is 292 g/mol. The highest BCUT2D eigenvalue weighted by molar-refractivity contribution is 6.31. The van der Waals surface area contributed by atoms with Crippen LogP contribution < -0.4 is 11.1 Å². The van der Waals surface area contributed by atoms with Gasteiger partial charge in [-0.1, -0.05) is 23.2 Å². The van der Waals surface area contributed by atoms with Crippen molar-refractivity contribution in [1.29, 1.82) is 0 Å². The van der Waals surface area contributed by atoms with Gasteiger partial charge in [0.05, 0.1) is 5.02 Å². The predicted octanol–water partition coefficient (Wildman–Crippen LogP) is 3.36. The molecule has 1 aromatic carbocycles. The molecule has 0 aliphatic heterocycles. The number of anilines is 2. The summed E-state index contributed by atoms with van der Waals surface area (Å²) in [7, 11) is 0. The zero-order chi connectivity index (χ0) is 14.0. The van der Waals surface area contributed by atoms with E-state index in [2.05, 4.69) is 10.3 Å². The van der Waals surface area contributed by atoms with Crippen molar-refractivity contribution in [3.63, 3.8) is 0 Å². The van der Waals surface area contributed by atoms with Crippen molar-refractivity contribution in [3.8, 4) is 0 Å². The summed E-state index contributed by atoms with van der Waals surface area (Å²) in [5, 5.41) is 2.58. The molecule has 98 valence electrons. The molecular formula is C12H8Cl2FN3O. The van der Waals surface area contributed by atoms with Crippen LogP contribution in [-0.4, -0.2) is 10.9 Å². The maximum atomic E-state index is 13.0. The van der Waals surface area contributed by atoms with Crippen molar-refractivity contribution in [3.05, 3.63) is 51.9 Å². The number of nitrogens with zero attached hydrogens (tertiary/aromatic N) is 1. The molecule has 1 aromatic heterocycles. The van der Waals surface area contributed by atoms with Crippen LogP contribution in [0.2, 0.25) is 10.2 Å². The van der Waals surface area contributed by atoms with Crippen molar-refractivity contribution in [2.45, 2.75) is 0 Å². The molecule has 0 saturated heterocycles. The molecule has 2 aromatic rings. The largest absolute Gasteiger partial charge is 0.384 e. The Balaban J connectivity index is 2.22. The first kappa shape index (κ1) is 13.6. The van der Waals surface area contributed by atoms with Crippen molar-refractivity contribution in [2.75, 3.05) is 11.1 Å². The van der Waals surface area contributed by atoms with Gasteiger partial charge in [0.25, 0.3) is 5.91 Å². The predicted molar refractivity (Wildman–Crippen MR) is 73.0 cm³/mol. The smallest absolute Gasteiger partial charge is 0.255 e. The highest BCUT2D eigenvalue weighted by Gasteiger charge is 2.10. The van der Waals surface area contributed by atoms with Crippen molar-refractivity contribution < 1.29 is 9.18 Å². The number of hydrogen-bond donors (Lipinski definition) is 2. The lowest BCUT2D eigenvalue weighted by atomic mass is 10.2. The van der Waals surface area contributed by atoms with E-state index >= 15 is 0 Å². The molecule has 0 unspecified atom stereocenters. The second-order valence-corrected chi connectivity index (χ2v) is 4.48. The number of carbonyl (C=O) groups is 1. The van der Waals surface area contributed by atoms with E-state index in [0.29, 0.717) is 5.69 Å². The molecule has 0 spiro atoms. The summed E-state index contributed by atoms with van der Waals surface area (Å²) in [4.78, 5) is 15.7. The monoisotopic (exact) mass is 299 g/mol. The number of halogens is 3. The summed E-state index contributed by atoms with van der Waals surface area (Å²) in [6, 6.07) is 6.61. The number of benzene rings is 1. The summed E-state index contributed by atoms with van der Waals surface area (Å²) >= 11 is 11.3. The van der Waals surface area contributed by atoms with Crippen LogP contribution in [0.5, 0.6) is 0 Å². The van der Waals surface area contributed by atoms with Crippen LogP contribution in [0.4, 0.5) is 15.9 Å². The van der Waals surface area contributed by atoms with Crippen molar-refractivity contribution in [1.82, 2.24) is 4.98 Å². The van der Waals surface area contributed by atoms with E-state index in [1.165, 1.54) is 24.3 Å². The number of nitrogen functional groups attached to an aromatic ring is 1. The van der Waals surface area contributed by atoms with E-state index in [-0.39, 0.29) is 21.6 Å². The second kappa shape index (κ2) is 5.42. The zero-order valence-corrected chi connectivity index (χ0v) is 11.0. The lowest BCUT2D eigenvalue weighted by molar-refractivity contribution is 0.102. The van der Waals surface area contributed by atoms with Crippen LogP contribution in [0.15, 0.2) is 30.3 Å². The van der Waals surface area contributed by atoms with E-state index in [0.717, 1.165) is 6.07 Å². The number of hydrogen-bond acceptors (Lipinski definition) is 3. The standard InChI is InChI=1S/C12H8Cl2FN3O/c13-8-5-7(1-2-9(8)15)17-12(19)6-3-10(14)18-11(16)4-6/h1-5H,(H2,16,18)(H,17,19). The Hall–Kier alpha value is -1.85. The summed E-state index contributed by atoms with van der Waals surface area (Å²) in [6.07, 6.45) is 0. The molecule has 0 fully saturated rings. The van der Waals surface area contributed by atoms with Crippen molar-refractivity contribution >= 4 is 40.6 Å². The van der Waals surface area contributed by atoms with Gasteiger partial charge in [-0.3, -0.25) is 4.79 Å². The van der Waals surface area contributed by atoms with Crippen LogP contribution in [0.25, 0.3) is 0 Å². The van der Waals surface area contributed by atoms with Gasteiger partial charge in [-0.15, -0.1) is 0 Å². The van der Waals surface area contributed by atoms with Crippen LogP contribution >= 0.6 is 23.2 Å². The third-order valence-corrected chi connectivity index (χ3v) is 2.74. The summed E-state index contributed by atoms with van der Waals surface area (Å²) < 4.78 is 13.0. The van der Waals surface area contributed by atoms with Gasteiger partial charge < -0.3 is 11.1 Å². The lowest BCUT2D eigenvalue weighted by Gasteiger charge is -2.07. The first-order valence-corrected chi connectivity index (χ1v) is 5.91. The molecule has 0 atom stereocenters. The van der Waals surface area contributed by atoms with Crippen LogP contribution in [0.3, 0.4) is 0 Å². The Bertz CT molecular complexity index is 629. The quantitative estimate of drug-likeness (QED) is 0.836. The summed E-state index contributed by atoms with van der Waals surface area (Å²) in [6.45, 7) is 0. The van der Waals surface area contributed by atoms with Crippen LogP contribution in [-0.2, 0) is 0 Å². The second-order valence-electron chi connectivity index (χ2n) is 3.69. The molecule has 7 heteroatoms. The number of nitrogens with one attached hydrogen (secondary N) is 1. The molecule has 0 aliphatic carbocycles. The molecule has 1 amide bonds. The fourth-order valence-electron chi connectivity index (χ4n) is 1.43. The minimum absolute atomic E-state index is 0.0786. The molecule has 0 bridgehead atoms. The van der Waals surface area contributed by atoms with Gasteiger partial charge in [0.1, 0.15) is 16.8 Å². The fraction of sp³-hybridized carbons (Fsp3) is 0. The molecule has 0 radical (unpaired) electrons. The molecule has 19 heavy (non-hydrogen) atoms. The van der Waals surface area contributed by atoms with Crippen molar-refractivity contribution in [2.24, 2.45) is 0 Å². The number of carbonyl (C=O) groups excluding carboxylic acids is 1. The number of aromatic nitrogens is 1. The Morgan fingerprint density at radius 1 is 1.26 bits per heavy atom. The van der Waals surface area contributed by atoms with Gasteiger partial charge in [-0.2, -0.15) is 0 Å². The molecule has 4 nitrogen and oxygen atoms in total. The lowest BCUT2D eigenvalue weighted by Crippen LogP contribution is -2.12. The van der Waals surface area contributed by atoms with E-state index < -0.39 is 11.7 Å². The number of nitrogens with two attached hydrogens (primary N) is 1. The Morgan fingerprint density at radius 3 is 2.63 bits per heavy atom. The highest BCUT2D eigenvalue weighted by Crippen LogP contribution is 2.20. The first-order valence-electron chi connectivity index (χ1n) is 5.15. The highest BCUT2D eigenvalue weighted by atomic mass is 35.5. The topological polar surface area (TPSA) is 68.0 Å². The molecule has 0 saturated carbocycles. The summed E-state index contributed by atoms with van der Waals surface area (Å²) in [5.41, 5.74) is 6.10. The first-order chi connectivity index (χ1) is 8.95. The number of rotatable bonds is 2. The Labute approximate surface area is 118 Å². The third-order valence-electron chi connectivity index (χ3n) is 2.25. The van der Waals surface area contributed by atoms with Gasteiger partial charge in [-0.25, -0.2) is 9.37 Å². The van der Waals surface area contributed by atoms with E-state index in [1.54, 1.807) is 0 Å². The van der Waals surface area contributed by atoms with E-state index in [4.69, 9.17) is 28.9 Å². The molecule has 3 N–H and O–H groups in total. The maximum Gasteiger partial charge on any atom is 0.255 e. The van der Waals surface area contributed by atoms with Crippen LogP contribution in [0.1, 0.15) is 10.4 Å². The fourth-order valence-corrected chi connectivity index (χ4v) is 1.82. The molecule has 2 rings (SSSR count). The van der Waals surface area contributed by atoms with Gasteiger partial charge >= 0.3 is 0 Å². The third kappa shape index (κ3) is 3.33. The number of pyridine rings is 1. The zero-order valence-electron chi connectivity index (χ0n) is 9.45. The van der Waals surface area contributed by atoms with Gasteiger partial charge in [-0.05, 0) is 30.3 Å². The average molecular weight is 300 g/mol. The Morgan fingerprint density at radius 2 is 2.00 bits per heavy atom. The van der Waals surface area contributed by atoms with Gasteiger partial charge in [0.2, 0.25) is 0 Å². The number of amides is 1. The van der Waals surface area contributed by atoms with E-state index in [1.807, 2.05) is 0 Å². The molecule has 0 aliphatic rings. The van der Waals surface area contributed by atoms with E-state index in [9.17, 15) is 9.18 Å². The average Bonchev–Trinajstić information content (AvgIpc) is 2.32. The van der Waals surface area contributed by atoms with Gasteiger partial charge in [0, 0.05) is 11.3 Å². The SMILES string of the molecule is Nc1cc(C(=O)Nc2ccc(F)c(Cl)c2)cc(Cl)n1. The van der Waals surface area contributed by atoms with Crippen LogP contribution in [0, 0.1) is 5.82 Å². The normalized spacial score (nSPS) is 10.3. The maximum absolute atomic E-state index is 13.0. The summed E-state index contributed by atoms with van der Waals surface area (Å²) in [5.74, 6) is -0.871. The minimum Gasteiger partial charge on any atom is -0.384 e. The van der Waals surface area contributed by atoms with Gasteiger partial charge in [0.15, 0.2) is 0 Å².